The lowest BCUT2D eigenvalue weighted by molar-refractivity contribution is -0.118. The minimum atomic E-state index is -0.182. The Balaban J connectivity index is 2.44. The minimum Gasteiger partial charge on any atom is -0.309 e. The van der Waals surface area contributed by atoms with E-state index in [1.165, 1.54) is 10.9 Å². The molecule has 96 valence electrons. The molecule has 0 aliphatic rings. The number of rotatable bonds is 3. The van der Waals surface area contributed by atoms with Gasteiger partial charge in [0.15, 0.2) is 11.6 Å². The highest BCUT2D eigenvalue weighted by molar-refractivity contribution is 5.92. The lowest BCUT2D eigenvalue weighted by Crippen LogP contribution is -2.20. The van der Waals surface area contributed by atoms with E-state index in [9.17, 15) is 4.79 Å². The van der Waals surface area contributed by atoms with Gasteiger partial charge < -0.3 is 5.32 Å². The number of pyridine rings is 1. The Labute approximate surface area is 110 Å². The van der Waals surface area contributed by atoms with Crippen molar-refractivity contribution in [2.75, 3.05) is 5.32 Å². The normalized spacial score (nSPS) is 10.2. The average Bonchev–Trinajstić information content (AvgIpc) is 2.82. The second kappa shape index (κ2) is 5.31. The molecule has 0 atom stereocenters. The average molecular weight is 255 g/mol. The number of nitrogens with one attached hydrogen (secondary N) is 1. The Morgan fingerprint density at radius 2 is 2.26 bits per heavy atom. The molecule has 0 aliphatic heterocycles. The second-order valence-electron chi connectivity index (χ2n) is 4.26. The Kier molecular flexibility index (Phi) is 3.57. The van der Waals surface area contributed by atoms with Crippen molar-refractivity contribution < 1.29 is 4.79 Å². The van der Waals surface area contributed by atoms with Crippen LogP contribution in [0.3, 0.4) is 0 Å². The smallest absolute Gasteiger partial charge is 0.228 e. The first-order valence-electron chi connectivity index (χ1n) is 5.84. The van der Waals surface area contributed by atoms with Crippen LogP contribution in [0.4, 0.5) is 5.82 Å². The molecule has 0 saturated carbocycles. The van der Waals surface area contributed by atoms with Crippen molar-refractivity contribution in [1.82, 2.24) is 14.8 Å². The third kappa shape index (κ3) is 2.60. The first kappa shape index (κ1) is 12.8. The molecule has 0 aromatic carbocycles. The number of hydrogen-bond acceptors (Lipinski definition) is 4. The zero-order chi connectivity index (χ0) is 13.8. The molecule has 2 aromatic rings. The molecular weight excluding hydrogens is 242 g/mol. The number of anilines is 1. The van der Waals surface area contributed by atoms with Gasteiger partial charge in [0.2, 0.25) is 5.91 Å². The largest absolute Gasteiger partial charge is 0.309 e. The van der Waals surface area contributed by atoms with E-state index in [-0.39, 0.29) is 11.8 Å². The molecule has 1 amide bonds. The summed E-state index contributed by atoms with van der Waals surface area (Å²) in [5, 5.41) is 15.8. The number of aromatic nitrogens is 3. The number of hydrogen-bond donors (Lipinski definition) is 1. The lowest BCUT2D eigenvalue weighted by Gasteiger charge is -2.10. The maximum Gasteiger partial charge on any atom is 0.228 e. The van der Waals surface area contributed by atoms with E-state index < -0.39 is 0 Å². The van der Waals surface area contributed by atoms with Gasteiger partial charge in [-0.25, -0.2) is 4.98 Å². The summed E-state index contributed by atoms with van der Waals surface area (Å²) in [7, 11) is 0. The highest BCUT2D eigenvalue weighted by Gasteiger charge is 2.17. The van der Waals surface area contributed by atoms with Crippen LogP contribution in [0.15, 0.2) is 30.6 Å². The van der Waals surface area contributed by atoms with E-state index in [2.05, 4.69) is 15.4 Å². The summed E-state index contributed by atoms with van der Waals surface area (Å²) in [4.78, 5) is 15.9. The zero-order valence-corrected chi connectivity index (χ0v) is 10.7. The van der Waals surface area contributed by atoms with E-state index >= 15 is 0 Å². The summed E-state index contributed by atoms with van der Waals surface area (Å²) in [6.45, 7) is 3.56. The van der Waals surface area contributed by atoms with Crippen LogP contribution in [-0.2, 0) is 4.79 Å². The van der Waals surface area contributed by atoms with Crippen molar-refractivity contribution in [3.8, 4) is 11.9 Å². The lowest BCUT2D eigenvalue weighted by atomic mass is 10.2. The van der Waals surface area contributed by atoms with Crippen LogP contribution >= 0.6 is 0 Å². The van der Waals surface area contributed by atoms with Gasteiger partial charge in [0.05, 0.1) is 6.20 Å². The SMILES string of the molecule is CC(C)C(=O)Nc1c(C#N)cnn1-c1ccccn1. The summed E-state index contributed by atoms with van der Waals surface area (Å²) in [6.07, 6.45) is 3.03. The molecule has 1 N–H and O–H groups in total. The molecule has 6 heteroatoms. The van der Waals surface area contributed by atoms with E-state index in [0.717, 1.165) is 0 Å². The second-order valence-corrected chi connectivity index (χ2v) is 4.26. The molecule has 0 saturated heterocycles. The number of carbonyl (C=O) groups excluding carboxylic acids is 1. The van der Waals surface area contributed by atoms with Crippen molar-refractivity contribution >= 4 is 11.7 Å². The summed E-state index contributed by atoms with van der Waals surface area (Å²) in [5.41, 5.74) is 0.305. The van der Waals surface area contributed by atoms with Crippen molar-refractivity contribution in [3.63, 3.8) is 0 Å². The van der Waals surface area contributed by atoms with Gasteiger partial charge in [-0.15, -0.1) is 0 Å². The van der Waals surface area contributed by atoms with E-state index in [4.69, 9.17) is 5.26 Å². The van der Waals surface area contributed by atoms with Crippen molar-refractivity contribution in [2.45, 2.75) is 13.8 Å². The van der Waals surface area contributed by atoms with Crippen molar-refractivity contribution in [3.05, 3.63) is 36.2 Å². The molecule has 0 bridgehead atoms. The molecule has 2 aromatic heterocycles. The summed E-state index contributed by atoms with van der Waals surface area (Å²) < 4.78 is 1.44. The van der Waals surface area contributed by atoms with Crippen LogP contribution in [0.25, 0.3) is 5.82 Å². The quantitative estimate of drug-likeness (QED) is 0.905. The Hall–Kier alpha value is -2.68. The fourth-order valence-electron chi connectivity index (χ4n) is 1.46. The van der Waals surface area contributed by atoms with E-state index in [1.807, 2.05) is 12.1 Å². The maximum atomic E-state index is 11.8. The molecule has 0 spiro atoms. The molecule has 0 radical (unpaired) electrons. The van der Waals surface area contributed by atoms with Gasteiger partial charge in [-0.1, -0.05) is 19.9 Å². The molecule has 0 fully saturated rings. The van der Waals surface area contributed by atoms with Crippen LogP contribution in [-0.4, -0.2) is 20.7 Å². The van der Waals surface area contributed by atoms with Crippen LogP contribution in [0.5, 0.6) is 0 Å². The van der Waals surface area contributed by atoms with E-state index in [0.29, 0.717) is 17.2 Å². The maximum absolute atomic E-state index is 11.8. The zero-order valence-electron chi connectivity index (χ0n) is 10.7. The van der Waals surface area contributed by atoms with Gasteiger partial charge in [-0.3, -0.25) is 4.79 Å². The third-order valence-corrected chi connectivity index (χ3v) is 2.52. The molecule has 6 nitrogen and oxygen atoms in total. The summed E-state index contributed by atoms with van der Waals surface area (Å²) in [5.74, 6) is 0.538. The fraction of sp³-hybridized carbons (Fsp3) is 0.231. The first-order chi connectivity index (χ1) is 9.13. The topological polar surface area (TPSA) is 83.6 Å². The Morgan fingerprint density at radius 3 is 2.84 bits per heavy atom. The van der Waals surface area contributed by atoms with Crippen molar-refractivity contribution in [1.29, 1.82) is 5.26 Å². The molecule has 2 heterocycles. The van der Waals surface area contributed by atoms with Gasteiger partial charge in [0.1, 0.15) is 11.6 Å². The summed E-state index contributed by atoms with van der Waals surface area (Å²) >= 11 is 0. The third-order valence-electron chi connectivity index (χ3n) is 2.52. The number of nitriles is 1. The van der Waals surface area contributed by atoms with Crippen LogP contribution in [0.2, 0.25) is 0 Å². The van der Waals surface area contributed by atoms with E-state index in [1.54, 1.807) is 32.2 Å². The predicted molar refractivity (Wildman–Crippen MR) is 69.5 cm³/mol. The van der Waals surface area contributed by atoms with Gasteiger partial charge in [-0.05, 0) is 12.1 Å². The first-order valence-corrected chi connectivity index (χ1v) is 5.84. The standard InChI is InChI=1S/C13H13N5O/c1-9(2)13(19)17-12-10(7-14)8-16-18(12)11-5-3-4-6-15-11/h3-6,8-9H,1-2H3,(H,17,19). The number of carbonyl (C=O) groups is 1. The van der Waals surface area contributed by atoms with Gasteiger partial charge >= 0.3 is 0 Å². The van der Waals surface area contributed by atoms with Gasteiger partial charge in [-0.2, -0.15) is 15.0 Å². The molecule has 0 aliphatic carbocycles. The van der Waals surface area contributed by atoms with Gasteiger partial charge in [0.25, 0.3) is 0 Å². The summed E-state index contributed by atoms with van der Waals surface area (Å²) in [6, 6.07) is 7.35. The number of amides is 1. The fourth-order valence-corrected chi connectivity index (χ4v) is 1.46. The molecular formula is C13H13N5O. The molecule has 0 unspecified atom stereocenters. The van der Waals surface area contributed by atoms with Crippen LogP contribution in [0.1, 0.15) is 19.4 Å². The Morgan fingerprint density at radius 1 is 1.47 bits per heavy atom. The predicted octanol–water partition coefficient (Wildman–Crippen LogP) is 1.73. The number of nitrogens with zero attached hydrogens (tertiary/aromatic N) is 4. The highest BCUT2D eigenvalue weighted by Crippen LogP contribution is 2.18. The minimum absolute atomic E-state index is 0.172. The van der Waals surface area contributed by atoms with Crippen molar-refractivity contribution in [2.24, 2.45) is 5.92 Å². The Bertz CT molecular complexity index is 624. The van der Waals surface area contributed by atoms with Gasteiger partial charge in [0, 0.05) is 12.1 Å². The molecule has 19 heavy (non-hydrogen) atoms. The molecule has 2 rings (SSSR count). The monoisotopic (exact) mass is 255 g/mol. The van der Waals surface area contributed by atoms with Crippen LogP contribution < -0.4 is 5.32 Å². The van der Waals surface area contributed by atoms with Crippen LogP contribution in [0, 0.1) is 17.2 Å². The highest BCUT2D eigenvalue weighted by atomic mass is 16.1.